The Morgan fingerprint density at radius 1 is 0.867 bits per heavy atom. The van der Waals surface area contributed by atoms with Crippen molar-refractivity contribution in [2.75, 3.05) is 26.2 Å². The summed E-state index contributed by atoms with van der Waals surface area (Å²) in [7, 11) is 0. The Bertz CT molecular complexity index is 1810. The molecule has 7 rings (SSSR count). The van der Waals surface area contributed by atoms with Crippen LogP contribution in [0.25, 0.3) is 16.7 Å². The van der Waals surface area contributed by atoms with Crippen LogP contribution in [0.2, 0.25) is 0 Å². The normalized spacial score (nSPS) is 20.3. The summed E-state index contributed by atoms with van der Waals surface area (Å²) in [5.41, 5.74) is 2.75. The van der Waals surface area contributed by atoms with Gasteiger partial charge in [0.05, 0.1) is 17.5 Å². The van der Waals surface area contributed by atoms with Gasteiger partial charge in [0.15, 0.2) is 5.65 Å². The molecule has 1 N–H and O–H groups in total. The molecule has 4 heterocycles. The van der Waals surface area contributed by atoms with E-state index < -0.39 is 5.60 Å². The molecular weight excluding hydrogens is 562 g/mol. The molecule has 0 spiro atoms. The van der Waals surface area contributed by atoms with Gasteiger partial charge in [-0.3, -0.25) is 19.1 Å². The third kappa shape index (κ3) is 6.08. The largest absolute Gasteiger partial charge is 0.388 e. The number of hydrogen-bond donors (Lipinski definition) is 1. The van der Waals surface area contributed by atoms with Gasteiger partial charge in [0.2, 0.25) is 5.91 Å². The Kier molecular flexibility index (Phi) is 8.08. The van der Waals surface area contributed by atoms with E-state index in [2.05, 4.69) is 58.4 Å². The second-order valence-electron chi connectivity index (χ2n) is 12.6. The second kappa shape index (κ2) is 12.5. The first-order chi connectivity index (χ1) is 22.0. The molecule has 8 nitrogen and oxygen atoms in total. The highest BCUT2D eigenvalue weighted by atomic mass is 16.3. The van der Waals surface area contributed by atoms with Crippen molar-refractivity contribution < 1.29 is 9.90 Å². The number of piperidine rings is 2. The third-order valence-corrected chi connectivity index (χ3v) is 9.67. The average molecular weight is 602 g/mol. The number of benzene rings is 3. The fraction of sp³-hybridized carbons (Fsp3) is 0.324. The van der Waals surface area contributed by atoms with E-state index in [4.69, 9.17) is 0 Å². The SMILES string of the molecule is O=C([C@@H]1CCN(Cc2ccccc2)C[C@H]1c1ccccc1)N1CCC(O)(Cn2cnc3c(ccn3-c3ccccc3)c2=O)CC1. The second-order valence-corrected chi connectivity index (χ2v) is 12.6. The molecule has 2 saturated heterocycles. The van der Waals surface area contributed by atoms with Crippen LogP contribution in [0, 0.1) is 5.92 Å². The van der Waals surface area contributed by atoms with Gasteiger partial charge in [-0.15, -0.1) is 0 Å². The zero-order valence-corrected chi connectivity index (χ0v) is 25.4. The number of fused-ring (bicyclic) bond motifs is 1. The standard InChI is InChI=1S/C37H39N5O3/c43-35(31-16-20-39(24-28-10-4-1-5-11-28)25-33(31)29-12-6-2-7-13-29)40-22-18-37(45,19-23-40)26-41-27-38-34-32(36(41)44)17-21-42(34)30-14-8-3-9-15-30/h1-15,17,21,27,31,33,45H,16,18-20,22-26H2/t31-,33+/m1/s1. The van der Waals surface area contributed by atoms with Crippen LogP contribution >= 0.6 is 0 Å². The summed E-state index contributed by atoms with van der Waals surface area (Å²) in [6.07, 6.45) is 5.02. The van der Waals surface area contributed by atoms with Gasteiger partial charge >= 0.3 is 0 Å². The van der Waals surface area contributed by atoms with Crippen LogP contribution in [0.1, 0.15) is 36.3 Å². The smallest absolute Gasteiger partial charge is 0.262 e. The van der Waals surface area contributed by atoms with Gasteiger partial charge < -0.3 is 14.6 Å². The number of rotatable bonds is 7. The van der Waals surface area contributed by atoms with Crippen LogP contribution in [0.3, 0.4) is 0 Å². The molecule has 2 atom stereocenters. The number of hydrogen-bond acceptors (Lipinski definition) is 5. The molecule has 0 bridgehead atoms. The number of carbonyl (C=O) groups excluding carboxylic acids is 1. The van der Waals surface area contributed by atoms with E-state index in [9.17, 15) is 14.7 Å². The van der Waals surface area contributed by atoms with Crippen LogP contribution < -0.4 is 5.56 Å². The predicted octanol–water partition coefficient (Wildman–Crippen LogP) is 4.85. The fourth-order valence-corrected chi connectivity index (χ4v) is 7.16. The lowest BCUT2D eigenvalue weighted by Gasteiger charge is -2.43. The molecule has 0 saturated carbocycles. The quantitative estimate of drug-likeness (QED) is 0.289. The maximum atomic E-state index is 14.0. The molecule has 5 aromatic rings. The molecule has 0 unspecified atom stereocenters. The third-order valence-electron chi connectivity index (χ3n) is 9.67. The van der Waals surface area contributed by atoms with E-state index in [1.54, 1.807) is 6.07 Å². The highest BCUT2D eigenvalue weighted by Crippen LogP contribution is 2.36. The number of likely N-dealkylation sites (tertiary alicyclic amines) is 2. The van der Waals surface area contributed by atoms with Crippen molar-refractivity contribution >= 4 is 16.9 Å². The molecule has 3 aromatic carbocycles. The van der Waals surface area contributed by atoms with Gasteiger partial charge in [0.25, 0.3) is 5.56 Å². The predicted molar refractivity (Wildman–Crippen MR) is 175 cm³/mol. The van der Waals surface area contributed by atoms with Gasteiger partial charge in [0, 0.05) is 49.9 Å². The minimum atomic E-state index is -1.09. The first-order valence-electron chi connectivity index (χ1n) is 15.9. The number of nitrogens with zero attached hydrogens (tertiary/aromatic N) is 5. The molecule has 2 fully saturated rings. The van der Waals surface area contributed by atoms with Gasteiger partial charge in [-0.25, -0.2) is 4.98 Å². The molecule has 2 aromatic heterocycles. The summed E-state index contributed by atoms with van der Waals surface area (Å²) >= 11 is 0. The van der Waals surface area contributed by atoms with E-state index in [1.165, 1.54) is 22.0 Å². The van der Waals surface area contributed by atoms with E-state index >= 15 is 0 Å². The average Bonchev–Trinajstić information content (AvgIpc) is 3.52. The van der Waals surface area contributed by atoms with Gasteiger partial charge in [-0.1, -0.05) is 78.9 Å². The van der Waals surface area contributed by atoms with Gasteiger partial charge in [-0.05, 0) is 55.1 Å². The van der Waals surface area contributed by atoms with Gasteiger partial charge in [0.1, 0.15) is 6.33 Å². The lowest BCUT2D eigenvalue weighted by Crippen LogP contribution is -2.53. The zero-order chi connectivity index (χ0) is 30.8. The van der Waals surface area contributed by atoms with Crippen LogP contribution in [0.4, 0.5) is 0 Å². The maximum absolute atomic E-state index is 14.0. The minimum Gasteiger partial charge on any atom is -0.388 e. The van der Waals surface area contributed by atoms with E-state index in [0.29, 0.717) is 37.0 Å². The van der Waals surface area contributed by atoms with Crippen molar-refractivity contribution in [3.8, 4) is 5.69 Å². The topological polar surface area (TPSA) is 83.6 Å². The molecule has 1 amide bonds. The van der Waals surface area contributed by atoms with Crippen molar-refractivity contribution in [2.45, 2.75) is 43.9 Å². The number of amides is 1. The summed E-state index contributed by atoms with van der Waals surface area (Å²) in [6.45, 7) is 3.66. The summed E-state index contributed by atoms with van der Waals surface area (Å²) in [5.74, 6) is 0.179. The highest BCUT2D eigenvalue weighted by Gasteiger charge is 2.40. The molecular formula is C37H39N5O3. The summed E-state index contributed by atoms with van der Waals surface area (Å²) < 4.78 is 3.41. The van der Waals surface area contributed by atoms with Crippen molar-refractivity contribution in [3.63, 3.8) is 0 Å². The molecule has 0 aliphatic carbocycles. The summed E-state index contributed by atoms with van der Waals surface area (Å²) in [4.78, 5) is 36.5. The molecule has 8 heteroatoms. The van der Waals surface area contributed by atoms with Crippen LogP contribution in [0.15, 0.2) is 114 Å². The van der Waals surface area contributed by atoms with Gasteiger partial charge in [-0.2, -0.15) is 0 Å². The molecule has 2 aliphatic rings. The minimum absolute atomic E-state index is 0.103. The van der Waals surface area contributed by atoms with Crippen molar-refractivity contribution in [1.29, 1.82) is 0 Å². The molecule has 0 radical (unpaired) electrons. The highest BCUT2D eigenvalue weighted by molar-refractivity contribution is 5.80. The van der Waals surface area contributed by atoms with Crippen molar-refractivity contribution in [2.24, 2.45) is 5.92 Å². The lowest BCUT2D eigenvalue weighted by molar-refractivity contribution is -0.142. The monoisotopic (exact) mass is 601 g/mol. The molecule has 45 heavy (non-hydrogen) atoms. The summed E-state index contributed by atoms with van der Waals surface area (Å²) in [5, 5.41) is 12.1. The first-order valence-corrected chi connectivity index (χ1v) is 15.9. The zero-order valence-electron chi connectivity index (χ0n) is 25.4. The van der Waals surface area contributed by atoms with E-state index in [-0.39, 0.29) is 29.8 Å². The molecule has 2 aliphatic heterocycles. The number of aromatic nitrogens is 3. The fourth-order valence-electron chi connectivity index (χ4n) is 7.16. The van der Waals surface area contributed by atoms with E-state index in [0.717, 1.165) is 31.7 Å². The van der Waals surface area contributed by atoms with E-state index in [1.807, 2.05) is 58.1 Å². The Morgan fingerprint density at radius 2 is 1.53 bits per heavy atom. The number of para-hydroxylation sites is 1. The molecule has 230 valence electrons. The number of aliphatic hydroxyl groups is 1. The van der Waals surface area contributed by atoms with Crippen molar-refractivity contribution in [1.82, 2.24) is 23.9 Å². The van der Waals surface area contributed by atoms with Crippen molar-refractivity contribution in [3.05, 3.63) is 131 Å². The van der Waals surface area contributed by atoms with Crippen LogP contribution in [0.5, 0.6) is 0 Å². The Hall–Kier alpha value is -4.53. The number of carbonyl (C=O) groups is 1. The lowest BCUT2D eigenvalue weighted by atomic mass is 9.79. The van der Waals surface area contributed by atoms with Crippen LogP contribution in [-0.2, 0) is 17.9 Å². The summed E-state index contributed by atoms with van der Waals surface area (Å²) in [6, 6.07) is 32.5. The Morgan fingerprint density at radius 3 is 2.24 bits per heavy atom. The Labute approximate surface area is 263 Å². The Balaban J connectivity index is 1.03. The maximum Gasteiger partial charge on any atom is 0.262 e. The first kappa shape index (κ1) is 29.2. The van der Waals surface area contributed by atoms with Crippen LogP contribution in [-0.4, -0.2) is 66.7 Å².